The molecule has 0 bridgehead atoms. The number of benzene rings is 2. The lowest BCUT2D eigenvalue weighted by molar-refractivity contribution is 1.09. The van der Waals surface area contributed by atoms with Crippen LogP contribution in [0.4, 0.5) is 0 Å². The van der Waals surface area contributed by atoms with Gasteiger partial charge in [-0.2, -0.15) is 11.8 Å². The van der Waals surface area contributed by atoms with Gasteiger partial charge in [0, 0.05) is 0 Å². The van der Waals surface area contributed by atoms with Crippen LogP contribution in [0.1, 0.15) is 33.1 Å². The van der Waals surface area contributed by atoms with Crippen molar-refractivity contribution >= 4 is 11.8 Å². The number of rotatable bonds is 3. The van der Waals surface area contributed by atoms with Crippen molar-refractivity contribution in [3.05, 3.63) is 70.3 Å². The molecule has 1 unspecified atom stereocenters. The zero-order valence-electron chi connectivity index (χ0n) is 11.5. The van der Waals surface area contributed by atoms with Crippen LogP contribution in [0.2, 0.25) is 0 Å². The average Bonchev–Trinajstić information content (AvgIpc) is 2.34. The SMILES string of the molecule is CSC(c1ccccc1)c1c(C)cc(C)cc1C. The molecular formula is C17H20S. The highest BCUT2D eigenvalue weighted by Gasteiger charge is 2.17. The Morgan fingerprint density at radius 3 is 1.94 bits per heavy atom. The van der Waals surface area contributed by atoms with E-state index in [-0.39, 0.29) is 0 Å². The lowest BCUT2D eigenvalue weighted by Crippen LogP contribution is -2.02. The molecular weight excluding hydrogens is 236 g/mol. The summed E-state index contributed by atoms with van der Waals surface area (Å²) in [5.74, 6) is 0. The molecule has 0 aliphatic heterocycles. The fourth-order valence-electron chi connectivity index (χ4n) is 2.65. The Hall–Kier alpha value is -1.21. The normalized spacial score (nSPS) is 12.4. The molecule has 0 nitrogen and oxygen atoms in total. The van der Waals surface area contributed by atoms with Gasteiger partial charge in [0.1, 0.15) is 0 Å². The quantitative estimate of drug-likeness (QED) is 0.739. The Labute approximate surface area is 114 Å². The van der Waals surface area contributed by atoms with E-state index in [1.165, 1.54) is 27.8 Å². The van der Waals surface area contributed by atoms with Gasteiger partial charge < -0.3 is 0 Å². The first kappa shape index (κ1) is 13.2. The van der Waals surface area contributed by atoms with E-state index in [0.29, 0.717) is 5.25 Å². The molecule has 0 saturated heterocycles. The Kier molecular flexibility index (Phi) is 4.13. The molecule has 94 valence electrons. The zero-order chi connectivity index (χ0) is 13.1. The third-order valence-corrected chi connectivity index (χ3v) is 4.32. The van der Waals surface area contributed by atoms with Crippen LogP contribution in [0.5, 0.6) is 0 Å². The van der Waals surface area contributed by atoms with E-state index in [1.807, 2.05) is 11.8 Å². The van der Waals surface area contributed by atoms with Gasteiger partial charge in [0.15, 0.2) is 0 Å². The first-order valence-corrected chi connectivity index (χ1v) is 7.57. The van der Waals surface area contributed by atoms with Gasteiger partial charge in [-0.05, 0) is 49.3 Å². The molecule has 0 fully saturated rings. The maximum atomic E-state index is 2.29. The second-order valence-electron chi connectivity index (χ2n) is 4.84. The molecule has 0 radical (unpaired) electrons. The van der Waals surface area contributed by atoms with Crippen molar-refractivity contribution < 1.29 is 0 Å². The molecule has 0 amide bonds. The van der Waals surface area contributed by atoms with Crippen molar-refractivity contribution in [2.45, 2.75) is 26.0 Å². The second-order valence-corrected chi connectivity index (χ2v) is 5.78. The minimum atomic E-state index is 0.437. The minimum absolute atomic E-state index is 0.437. The monoisotopic (exact) mass is 256 g/mol. The molecule has 2 rings (SSSR count). The van der Waals surface area contributed by atoms with Crippen LogP contribution in [0.3, 0.4) is 0 Å². The summed E-state index contributed by atoms with van der Waals surface area (Å²) in [5, 5.41) is 0.437. The first-order chi connectivity index (χ1) is 8.63. The van der Waals surface area contributed by atoms with E-state index in [9.17, 15) is 0 Å². The van der Waals surface area contributed by atoms with Gasteiger partial charge in [-0.3, -0.25) is 0 Å². The molecule has 1 heteroatoms. The summed E-state index contributed by atoms with van der Waals surface area (Å²) in [6.45, 7) is 6.61. The van der Waals surface area contributed by atoms with Gasteiger partial charge in [-0.15, -0.1) is 0 Å². The number of aryl methyl sites for hydroxylation is 3. The molecule has 2 aromatic carbocycles. The number of hydrogen-bond donors (Lipinski definition) is 0. The molecule has 18 heavy (non-hydrogen) atoms. The van der Waals surface area contributed by atoms with Crippen molar-refractivity contribution in [1.29, 1.82) is 0 Å². The van der Waals surface area contributed by atoms with E-state index in [4.69, 9.17) is 0 Å². The second kappa shape index (κ2) is 5.62. The smallest absolute Gasteiger partial charge is 0.0549 e. The van der Waals surface area contributed by atoms with Gasteiger partial charge in [0.05, 0.1) is 5.25 Å². The Morgan fingerprint density at radius 1 is 0.889 bits per heavy atom. The van der Waals surface area contributed by atoms with Crippen LogP contribution in [-0.4, -0.2) is 6.26 Å². The van der Waals surface area contributed by atoms with E-state index >= 15 is 0 Å². The summed E-state index contributed by atoms with van der Waals surface area (Å²) in [7, 11) is 0. The van der Waals surface area contributed by atoms with Crippen LogP contribution in [0.25, 0.3) is 0 Å². The summed E-state index contributed by atoms with van der Waals surface area (Å²) in [4.78, 5) is 0. The van der Waals surface area contributed by atoms with Crippen LogP contribution >= 0.6 is 11.8 Å². The summed E-state index contributed by atoms with van der Waals surface area (Å²) >= 11 is 1.91. The van der Waals surface area contributed by atoms with Crippen LogP contribution < -0.4 is 0 Å². The van der Waals surface area contributed by atoms with Crippen molar-refractivity contribution in [3.8, 4) is 0 Å². The molecule has 0 aromatic heterocycles. The van der Waals surface area contributed by atoms with Gasteiger partial charge in [0.2, 0.25) is 0 Å². The van der Waals surface area contributed by atoms with Crippen molar-refractivity contribution in [2.24, 2.45) is 0 Å². The minimum Gasteiger partial charge on any atom is -0.152 e. The molecule has 0 heterocycles. The predicted octanol–water partition coefficient (Wildman–Crippen LogP) is 5.06. The third-order valence-electron chi connectivity index (χ3n) is 3.34. The molecule has 1 atom stereocenters. The average molecular weight is 256 g/mol. The Bertz CT molecular complexity index is 506. The number of thioether (sulfide) groups is 1. The Morgan fingerprint density at radius 2 is 1.44 bits per heavy atom. The number of hydrogen-bond acceptors (Lipinski definition) is 1. The van der Waals surface area contributed by atoms with E-state index in [0.717, 1.165) is 0 Å². The first-order valence-electron chi connectivity index (χ1n) is 6.29. The predicted molar refractivity (Wildman–Crippen MR) is 82.5 cm³/mol. The molecule has 0 aliphatic carbocycles. The highest BCUT2D eigenvalue weighted by atomic mass is 32.2. The fourth-order valence-corrected chi connectivity index (χ4v) is 3.69. The Balaban J connectivity index is 2.52. The van der Waals surface area contributed by atoms with Crippen LogP contribution in [0, 0.1) is 20.8 Å². The topological polar surface area (TPSA) is 0 Å². The fraction of sp³-hybridized carbons (Fsp3) is 0.294. The maximum absolute atomic E-state index is 2.29. The largest absolute Gasteiger partial charge is 0.152 e. The van der Waals surface area contributed by atoms with E-state index in [2.05, 4.69) is 69.5 Å². The standard InChI is InChI=1S/C17H20S/c1-12-10-13(2)16(14(3)11-12)17(18-4)15-8-6-5-7-9-15/h5-11,17H,1-4H3. The van der Waals surface area contributed by atoms with E-state index < -0.39 is 0 Å². The summed E-state index contributed by atoms with van der Waals surface area (Å²) in [6, 6.07) is 15.3. The van der Waals surface area contributed by atoms with Gasteiger partial charge in [-0.1, -0.05) is 48.0 Å². The van der Waals surface area contributed by atoms with Crippen LogP contribution in [0.15, 0.2) is 42.5 Å². The van der Waals surface area contributed by atoms with Gasteiger partial charge in [-0.25, -0.2) is 0 Å². The summed E-state index contributed by atoms with van der Waals surface area (Å²) < 4.78 is 0. The lowest BCUT2D eigenvalue weighted by Gasteiger charge is -2.21. The third kappa shape index (κ3) is 2.62. The van der Waals surface area contributed by atoms with E-state index in [1.54, 1.807) is 0 Å². The molecule has 0 aliphatic rings. The summed E-state index contributed by atoms with van der Waals surface area (Å²) in [5.41, 5.74) is 7.01. The van der Waals surface area contributed by atoms with Gasteiger partial charge in [0.25, 0.3) is 0 Å². The van der Waals surface area contributed by atoms with Crippen LogP contribution in [-0.2, 0) is 0 Å². The maximum Gasteiger partial charge on any atom is 0.0549 e. The zero-order valence-corrected chi connectivity index (χ0v) is 12.3. The lowest BCUT2D eigenvalue weighted by atomic mass is 9.94. The van der Waals surface area contributed by atoms with Crippen molar-refractivity contribution in [3.63, 3.8) is 0 Å². The molecule has 0 saturated carbocycles. The van der Waals surface area contributed by atoms with Crippen molar-refractivity contribution in [1.82, 2.24) is 0 Å². The highest BCUT2D eigenvalue weighted by Crippen LogP contribution is 2.37. The summed E-state index contributed by atoms with van der Waals surface area (Å²) in [6.07, 6.45) is 2.19. The van der Waals surface area contributed by atoms with Gasteiger partial charge >= 0.3 is 0 Å². The highest BCUT2D eigenvalue weighted by molar-refractivity contribution is 7.99. The molecule has 0 N–H and O–H groups in total. The molecule has 2 aromatic rings. The molecule has 0 spiro atoms. The van der Waals surface area contributed by atoms with Crippen molar-refractivity contribution in [2.75, 3.05) is 6.26 Å².